The third-order valence-electron chi connectivity index (χ3n) is 4.51. The highest BCUT2D eigenvalue weighted by Crippen LogP contribution is 2.12. The third-order valence-corrected chi connectivity index (χ3v) is 4.51. The first-order valence-electron chi connectivity index (χ1n) is 10.1. The summed E-state index contributed by atoms with van der Waals surface area (Å²) in [6.45, 7) is 7.89. The van der Waals surface area contributed by atoms with E-state index in [4.69, 9.17) is 14.2 Å². The van der Waals surface area contributed by atoms with Crippen molar-refractivity contribution < 1.29 is 14.2 Å². The molecule has 1 heterocycles. The SMILES string of the molecule is CN=C(NCCCCOc1ccc(C)cc1)NCCCOCC1CCOC1. The number of rotatable bonds is 12. The highest BCUT2D eigenvalue weighted by Gasteiger charge is 2.15. The first-order valence-corrected chi connectivity index (χ1v) is 10.1. The molecule has 0 aliphatic carbocycles. The molecule has 0 amide bonds. The molecule has 1 atom stereocenters. The Labute approximate surface area is 163 Å². The number of guanidine groups is 1. The van der Waals surface area contributed by atoms with Crippen molar-refractivity contribution in [3.05, 3.63) is 29.8 Å². The number of unbranched alkanes of at least 4 members (excludes halogenated alkanes) is 1. The van der Waals surface area contributed by atoms with E-state index in [1.807, 2.05) is 12.1 Å². The van der Waals surface area contributed by atoms with Crippen molar-refractivity contribution in [2.45, 2.75) is 32.6 Å². The molecule has 1 unspecified atom stereocenters. The van der Waals surface area contributed by atoms with Crippen molar-refractivity contribution >= 4 is 5.96 Å². The van der Waals surface area contributed by atoms with Crippen LogP contribution in [0.4, 0.5) is 0 Å². The largest absolute Gasteiger partial charge is 0.494 e. The summed E-state index contributed by atoms with van der Waals surface area (Å²) >= 11 is 0. The number of nitrogens with one attached hydrogen (secondary N) is 2. The fraction of sp³-hybridized carbons (Fsp3) is 0.667. The highest BCUT2D eigenvalue weighted by atomic mass is 16.5. The lowest BCUT2D eigenvalue weighted by Gasteiger charge is -2.13. The maximum atomic E-state index is 5.74. The smallest absolute Gasteiger partial charge is 0.190 e. The van der Waals surface area contributed by atoms with Gasteiger partial charge in [0.15, 0.2) is 5.96 Å². The second-order valence-corrected chi connectivity index (χ2v) is 6.95. The number of benzene rings is 1. The lowest BCUT2D eigenvalue weighted by molar-refractivity contribution is 0.0888. The predicted octanol–water partition coefficient (Wildman–Crippen LogP) is 2.76. The Balaban J connectivity index is 1.41. The minimum Gasteiger partial charge on any atom is -0.494 e. The zero-order chi connectivity index (χ0) is 19.2. The quantitative estimate of drug-likeness (QED) is 0.333. The number of nitrogens with zero attached hydrogens (tertiary/aromatic N) is 1. The molecule has 1 aliphatic rings. The van der Waals surface area contributed by atoms with Crippen LogP contribution >= 0.6 is 0 Å². The van der Waals surface area contributed by atoms with Crippen molar-refractivity contribution in [2.75, 3.05) is 53.2 Å². The van der Waals surface area contributed by atoms with E-state index in [9.17, 15) is 0 Å². The summed E-state index contributed by atoms with van der Waals surface area (Å²) in [7, 11) is 1.80. The first kappa shape index (κ1) is 21.5. The summed E-state index contributed by atoms with van der Waals surface area (Å²) in [4.78, 5) is 4.25. The second-order valence-electron chi connectivity index (χ2n) is 6.95. The Hall–Kier alpha value is -1.79. The van der Waals surface area contributed by atoms with Crippen LogP contribution in [0.25, 0.3) is 0 Å². The van der Waals surface area contributed by atoms with E-state index in [0.717, 1.165) is 83.5 Å². The molecule has 6 heteroatoms. The van der Waals surface area contributed by atoms with Crippen molar-refractivity contribution in [1.29, 1.82) is 0 Å². The van der Waals surface area contributed by atoms with E-state index in [-0.39, 0.29) is 0 Å². The Bertz CT molecular complexity index is 528. The molecule has 0 spiro atoms. The molecule has 2 N–H and O–H groups in total. The summed E-state index contributed by atoms with van der Waals surface area (Å²) in [6, 6.07) is 8.18. The average Bonchev–Trinajstić information content (AvgIpc) is 3.20. The van der Waals surface area contributed by atoms with Crippen LogP contribution in [0, 0.1) is 12.8 Å². The predicted molar refractivity (Wildman–Crippen MR) is 110 cm³/mol. The number of ether oxygens (including phenoxy) is 3. The lowest BCUT2D eigenvalue weighted by Crippen LogP contribution is -2.38. The Morgan fingerprint density at radius 3 is 2.59 bits per heavy atom. The van der Waals surface area contributed by atoms with Gasteiger partial charge >= 0.3 is 0 Å². The minimum absolute atomic E-state index is 0.586. The number of aliphatic imine (C=N–C) groups is 1. The maximum Gasteiger partial charge on any atom is 0.190 e. The van der Waals surface area contributed by atoms with E-state index in [1.165, 1.54) is 5.56 Å². The van der Waals surface area contributed by atoms with Gasteiger partial charge in [0.1, 0.15) is 5.75 Å². The molecular weight excluding hydrogens is 342 g/mol. The molecule has 0 saturated carbocycles. The number of hydrogen-bond acceptors (Lipinski definition) is 4. The molecule has 0 radical (unpaired) electrons. The lowest BCUT2D eigenvalue weighted by atomic mass is 10.1. The van der Waals surface area contributed by atoms with Crippen LogP contribution in [0.1, 0.15) is 31.2 Å². The summed E-state index contributed by atoms with van der Waals surface area (Å²) in [6.07, 6.45) is 4.15. The molecule has 2 rings (SSSR count). The standard InChI is InChI=1S/C21H35N3O3/c1-18-6-8-20(9-7-18)27-14-4-3-11-23-21(22-2)24-12-5-13-25-16-19-10-15-26-17-19/h6-9,19H,3-5,10-17H2,1-2H3,(H2,22,23,24). The van der Waals surface area contributed by atoms with Crippen LogP contribution in [0.15, 0.2) is 29.3 Å². The van der Waals surface area contributed by atoms with E-state index in [1.54, 1.807) is 7.05 Å². The number of aryl methyl sites for hydroxylation is 1. The normalized spacial score (nSPS) is 17.1. The molecule has 1 aromatic carbocycles. The molecule has 0 aromatic heterocycles. The van der Waals surface area contributed by atoms with E-state index in [0.29, 0.717) is 5.92 Å². The van der Waals surface area contributed by atoms with Crippen LogP contribution in [0.2, 0.25) is 0 Å². The maximum absolute atomic E-state index is 5.74. The van der Waals surface area contributed by atoms with Gasteiger partial charge in [0.2, 0.25) is 0 Å². The van der Waals surface area contributed by atoms with Gasteiger partial charge in [-0.25, -0.2) is 0 Å². The monoisotopic (exact) mass is 377 g/mol. The molecule has 6 nitrogen and oxygen atoms in total. The van der Waals surface area contributed by atoms with Crippen LogP contribution in [-0.2, 0) is 9.47 Å². The van der Waals surface area contributed by atoms with Gasteiger partial charge in [-0.3, -0.25) is 4.99 Å². The topological polar surface area (TPSA) is 64.1 Å². The summed E-state index contributed by atoms with van der Waals surface area (Å²) in [5.41, 5.74) is 1.25. The van der Waals surface area contributed by atoms with E-state index < -0.39 is 0 Å². The van der Waals surface area contributed by atoms with Gasteiger partial charge in [-0.2, -0.15) is 0 Å². The fourth-order valence-electron chi connectivity index (χ4n) is 2.82. The van der Waals surface area contributed by atoms with Crippen molar-refractivity contribution in [2.24, 2.45) is 10.9 Å². The van der Waals surface area contributed by atoms with Gasteiger partial charge in [0.05, 0.1) is 19.8 Å². The van der Waals surface area contributed by atoms with Crippen LogP contribution < -0.4 is 15.4 Å². The van der Waals surface area contributed by atoms with Gasteiger partial charge in [-0.05, 0) is 44.7 Å². The van der Waals surface area contributed by atoms with Crippen LogP contribution in [0.5, 0.6) is 5.75 Å². The third kappa shape index (κ3) is 9.63. The van der Waals surface area contributed by atoms with Crippen LogP contribution in [0.3, 0.4) is 0 Å². The highest BCUT2D eigenvalue weighted by molar-refractivity contribution is 5.79. The molecule has 0 bridgehead atoms. The minimum atomic E-state index is 0.586. The summed E-state index contributed by atoms with van der Waals surface area (Å²) in [5, 5.41) is 6.66. The molecular formula is C21H35N3O3. The average molecular weight is 378 g/mol. The Morgan fingerprint density at radius 2 is 1.89 bits per heavy atom. The number of hydrogen-bond donors (Lipinski definition) is 2. The second kappa shape index (κ2) is 13.4. The van der Waals surface area contributed by atoms with Gasteiger partial charge in [0, 0.05) is 39.3 Å². The summed E-state index contributed by atoms with van der Waals surface area (Å²) < 4.78 is 16.8. The molecule has 152 valence electrons. The Kier molecular flexibility index (Phi) is 10.7. The van der Waals surface area contributed by atoms with Crippen molar-refractivity contribution in [3.63, 3.8) is 0 Å². The molecule has 1 aliphatic heterocycles. The Morgan fingerprint density at radius 1 is 1.11 bits per heavy atom. The van der Waals surface area contributed by atoms with Gasteiger partial charge < -0.3 is 24.8 Å². The van der Waals surface area contributed by atoms with Crippen molar-refractivity contribution in [1.82, 2.24) is 10.6 Å². The van der Waals surface area contributed by atoms with E-state index >= 15 is 0 Å². The first-order chi connectivity index (χ1) is 13.3. The molecule has 27 heavy (non-hydrogen) atoms. The van der Waals surface area contributed by atoms with Gasteiger partial charge in [0.25, 0.3) is 0 Å². The molecule has 1 fully saturated rings. The molecule has 1 saturated heterocycles. The summed E-state index contributed by atoms with van der Waals surface area (Å²) in [5.74, 6) is 2.37. The zero-order valence-corrected chi connectivity index (χ0v) is 16.8. The van der Waals surface area contributed by atoms with E-state index in [2.05, 4.69) is 34.7 Å². The zero-order valence-electron chi connectivity index (χ0n) is 16.8. The van der Waals surface area contributed by atoms with Gasteiger partial charge in [-0.15, -0.1) is 0 Å². The fourth-order valence-corrected chi connectivity index (χ4v) is 2.82. The van der Waals surface area contributed by atoms with Crippen molar-refractivity contribution in [3.8, 4) is 5.75 Å². The van der Waals surface area contributed by atoms with Crippen LogP contribution in [-0.4, -0.2) is 59.1 Å². The molecule has 1 aromatic rings. The van der Waals surface area contributed by atoms with Gasteiger partial charge in [-0.1, -0.05) is 17.7 Å².